The monoisotopic (exact) mass is 503 g/mol. The molecular formula is C25H20Cl3NO4. The highest BCUT2D eigenvalue weighted by molar-refractivity contribution is 6.37. The van der Waals surface area contributed by atoms with Gasteiger partial charge in [0, 0.05) is 23.4 Å². The largest absolute Gasteiger partial charge is 0.454 e. The number of ether oxygens (including phenoxy) is 2. The summed E-state index contributed by atoms with van der Waals surface area (Å²) in [5.74, 6) is 0.0123. The smallest absolute Gasteiger partial charge is 0.339 e. The molecule has 8 heteroatoms. The molecule has 3 rings (SSSR count). The molecule has 1 N–H and O–H groups in total. The minimum Gasteiger partial charge on any atom is -0.454 e. The van der Waals surface area contributed by atoms with Crippen LogP contribution in [0, 0.1) is 0 Å². The number of benzene rings is 3. The topological polar surface area (TPSA) is 64.6 Å². The van der Waals surface area contributed by atoms with Gasteiger partial charge in [-0.25, -0.2) is 4.79 Å². The number of carbonyl (C=O) groups is 2. The molecule has 0 aromatic heterocycles. The SMILES string of the molecule is CC(=Cc1ccccc1)C(=O)Oc1cc(Cl)c(Oc2ccc(NC(=O)C(C)Cl)cc2)c(Cl)c1. The van der Waals surface area contributed by atoms with Gasteiger partial charge in [-0.3, -0.25) is 4.79 Å². The Hall–Kier alpha value is -2.99. The van der Waals surface area contributed by atoms with Gasteiger partial charge >= 0.3 is 5.97 Å². The maximum absolute atomic E-state index is 12.4. The molecule has 0 saturated heterocycles. The molecule has 0 heterocycles. The lowest BCUT2D eigenvalue weighted by molar-refractivity contribution is -0.130. The van der Waals surface area contributed by atoms with E-state index < -0.39 is 11.3 Å². The summed E-state index contributed by atoms with van der Waals surface area (Å²) in [4.78, 5) is 24.1. The van der Waals surface area contributed by atoms with Gasteiger partial charge < -0.3 is 14.8 Å². The minimum absolute atomic E-state index is 0.170. The molecule has 1 unspecified atom stereocenters. The second-order valence-electron chi connectivity index (χ2n) is 7.08. The Bertz CT molecular complexity index is 1150. The van der Waals surface area contributed by atoms with E-state index in [1.807, 2.05) is 30.3 Å². The summed E-state index contributed by atoms with van der Waals surface area (Å²) >= 11 is 18.4. The third kappa shape index (κ3) is 6.99. The summed E-state index contributed by atoms with van der Waals surface area (Å²) in [6.07, 6.45) is 1.73. The van der Waals surface area contributed by atoms with Crippen LogP contribution >= 0.6 is 34.8 Å². The standard InChI is InChI=1S/C25H20Cl3NO4/c1-15(12-17-6-4-3-5-7-17)25(31)33-20-13-21(27)23(22(28)14-20)32-19-10-8-18(9-11-19)29-24(30)16(2)26/h3-14,16H,1-2H3,(H,29,30). The van der Waals surface area contributed by atoms with Gasteiger partial charge in [-0.1, -0.05) is 53.5 Å². The zero-order valence-electron chi connectivity index (χ0n) is 17.8. The molecule has 3 aromatic carbocycles. The third-order valence-corrected chi connectivity index (χ3v) is 5.15. The van der Waals surface area contributed by atoms with Crippen LogP contribution < -0.4 is 14.8 Å². The minimum atomic E-state index is -0.649. The Kier molecular flexibility index (Phi) is 8.39. The molecule has 0 aliphatic carbocycles. The number of hydrogen-bond acceptors (Lipinski definition) is 4. The maximum atomic E-state index is 12.4. The molecule has 3 aromatic rings. The number of amides is 1. The van der Waals surface area contributed by atoms with Crippen LogP contribution in [0.5, 0.6) is 17.2 Å². The molecule has 170 valence electrons. The van der Waals surface area contributed by atoms with Crippen LogP contribution in [0.15, 0.2) is 72.3 Å². The van der Waals surface area contributed by atoms with E-state index in [9.17, 15) is 9.59 Å². The first-order chi connectivity index (χ1) is 15.7. The van der Waals surface area contributed by atoms with Crippen molar-refractivity contribution in [1.29, 1.82) is 0 Å². The molecule has 33 heavy (non-hydrogen) atoms. The molecule has 0 radical (unpaired) electrons. The summed E-state index contributed by atoms with van der Waals surface area (Å²) in [7, 11) is 0. The molecule has 0 saturated carbocycles. The Labute approximate surface area is 206 Å². The van der Waals surface area contributed by atoms with Crippen LogP contribution in [0.1, 0.15) is 19.4 Å². The number of hydrogen-bond donors (Lipinski definition) is 1. The normalized spacial score (nSPS) is 12.1. The van der Waals surface area contributed by atoms with E-state index in [4.69, 9.17) is 44.3 Å². The molecule has 0 bridgehead atoms. The molecule has 0 fully saturated rings. The van der Waals surface area contributed by atoms with Crippen LogP contribution in [0.4, 0.5) is 5.69 Å². The van der Waals surface area contributed by atoms with Crippen molar-refractivity contribution >= 4 is 58.4 Å². The van der Waals surface area contributed by atoms with Crippen molar-refractivity contribution in [2.24, 2.45) is 0 Å². The van der Waals surface area contributed by atoms with Gasteiger partial charge in [-0.2, -0.15) is 0 Å². The van der Waals surface area contributed by atoms with E-state index in [1.54, 1.807) is 44.2 Å². The Morgan fingerprint density at radius 1 is 0.939 bits per heavy atom. The average molecular weight is 505 g/mol. The van der Waals surface area contributed by atoms with E-state index in [2.05, 4.69) is 5.32 Å². The number of esters is 1. The lowest BCUT2D eigenvalue weighted by Crippen LogP contribution is -2.20. The summed E-state index contributed by atoms with van der Waals surface area (Å²) in [5, 5.41) is 2.36. The number of anilines is 1. The van der Waals surface area contributed by atoms with E-state index in [-0.39, 0.29) is 27.5 Å². The predicted molar refractivity (Wildman–Crippen MR) is 133 cm³/mol. The first-order valence-electron chi connectivity index (χ1n) is 9.90. The third-order valence-electron chi connectivity index (χ3n) is 4.39. The number of nitrogens with one attached hydrogen (secondary N) is 1. The quantitative estimate of drug-likeness (QED) is 0.158. The van der Waals surface area contributed by atoms with Crippen molar-refractivity contribution in [1.82, 2.24) is 0 Å². The van der Waals surface area contributed by atoms with Crippen molar-refractivity contribution in [3.8, 4) is 17.2 Å². The van der Waals surface area contributed by atoms with Gasteiger partial charge in [-0.15, -0.1) is 11.6 Å². The molecule has 0 spiro atoms. The molecular weight excluding hydrogens is 485 g/mol. The lowest BCUT2D eigenvalue weighted by Gasteiger charge is -2.13. The van der Waals surface area contributed by atoms with Crippen molar-refractivity contribution in [2.75, 3.05) is 5.32 Å². The zero-order valence-corrected chi connectivity index (χ0v) is 20.0. The van der Waals surface area contributed by atoms with Crippen LogP contribution in [-0.4, -0.2) is 17.3 Å². The van der Waals surface area contributed by atoms with Crippen LogP contribution in [0.2, 0.25) is 10.0 Å². The molecule has 5 nitrogen and oxygen atoms in total. The fraction of sp³-hybridized carbons (Fsp3) is 0.120. The van der Waals surface area contributed by atoms with Crippen LogP contribution in [0.3, 0.4) is 0 Å². The zero-order chi connectivity index (χ0) is 24.0. The molecule has 0 aliphatic heterocycles. The predicted octanol–water partition coefficient (Wildman–Crippen LogP) is 7.36. The Balaban J connectivity index is 1.69. The van der Waals surface area contributed by atoms with Gasteiger partial charge in [0.15, 0.2) is 5.75 Å². The number of carbonyl (C=O) groups excluding carboxylic acids is 2. The van der Waals surface area contributed by atoms with E-state index in [1.165, 1.54) is 12.1 Å². The van der Waals surface area contributed by atoms with Crippen LogP contribution in [0.25, 0.3) is 6.08 Å². The van der Waals surface area contributed by atoms with E-state index in [0.29, 0.717) is 17.0 Å². The number of rotatable bonds is 7. The molecule has 1 atom stereocenters. The maximum Gasteiger partial charge on any atom is 0.339 e. The second kappa shape index (κ2) is 11.2. The summed E-state index contributed by atoms with van der Waals surface area (Å²) in [5.41, 5.74) is 1.87. The average Bonchev–Trinajstić information content (AvgIpc) is 2.78. The van der Waals surface area contributed by atoms with Crippen LogP contribution in [-0.2, 0) is 9.59 Å². The first kappa shape index (κ1) is 24.6. The Morgan fingerprint density at radius 3 is 2.12 bits per heavy atom. The highest BCUT2D eigenvalue weighted by Crippen LogP contribution is 2.40. The van der Waals surface area contributed by atoms with Gasteiger partial charge in [0.05, 0.1) is 10.0 Å². The van der Waals surface area contributed by atoms with Gasteiger partial charge in [0.1, 0.15) is 16.9 Å². The highest BCUT2D eigenvalue weighted by atomic mass is 35.5. The summed E-state index contributed by atoms with van der Waals surface area (Å²) in [6.45, 7) is 3.25. The first-order valence-corrected chi connectivity index (χ1v) is 11.1. The van der Waals surface area contributed by atoms with E-state index >= 15 is 0 Å². The fourth-order valence-electron chi connectivity index (χ4n) is 2.70. The number of alkyl halides is 1. The molecule has 1 amide bonds. The lowest BCUT2D eigenvalue weighted by atomic mass is 10.1. The highest BCUT2D eigenvalue weighted by Gasteiger charge is 2.15. The van der Waals surface area contributed by atoms with Gasteiger partial charge in [0.25, 0.3) is 0 Å². The number of halogens is 3. The fourth-order valence-corrected chi connectivity index (χ4v) is 3.30. The second-order valence-corrected chi connectivity index (χ2v) is 8.54. The molecule has 0 aliphatic rings. The van der Waals surface area contributed by atoms with Gasteiger partial charge in [0.2, 0.25) is 5.91 Å². The van der Waals surface area contributed by atoms with Crippen molar-refractivity contribution < 1.29 is 19.1 Å². The van der Waals surface area contributed by atoms with Gasteiger partial charge in [-0.05, 0) is 49.8 Å². The Morgan fingerprint density at radius 2 is 1.55 bits per heavy atom. The van der Waals surface area contributed by atoms with Crippen molar-refractivity contribution in [3.05, 3.63) is 87.9 Å². The van der Waals surface area contributed by atoms with E-state index in [0.717, 1.165) is 5.56 Å². The summed E-state index contributed by atoms with van der Waals surface area (Å²) in [6, 6.07) is 18.9. The van der Waals surface area contributed by atoms with Crippen molar-refractivity contribution in [3.63, 3.8) is 0 Å². The summed E-state index contributed by atoms with van der Waals surface area (Å²) < 4.78 is 11.2. The van der Waals surface area contributed by atoms with Crippen molar-refractivity contribution in [2.45, 2.75) is 19.2 Å².